The molecule has 0 saturated carbocycles. The van der Waals surface area contributed by atoms with Crippen LogP contribution < -0.4 is 10.6 Å². The fourth-order valence-electron chi connectivity index (χ4n) is 2.34. The molecule has 0 aliphatic heterocycles. The highest BCUT2D eigenvalue weighted by atomic mass is 19.1. The number of nitrogens with one attached hydrogen (secondary N) is 2. The molecule has 2 N–H and O–H groups in total. The van der Waals surface area contributed by atoms with Crippen LogP contribution in [0.25, 0.3) is 0 Å². The molecule has 3 aromatic rings. The maximum Gasteiger partial charge on any atom is 0.291 e. The molecule has 2 amide bonds. The Morgan fingerprint density at radius 3 is 2.46 bits per heavy atom. The minimum absolute atomic E-state index is 0.206. The largest absolute Gasteiger partial charge is 0.459 e. The van der Waals surface area contributed by atoms with Gasteiger partial charge in [0.2, 0.25) is 0 Å². The number of rotatable bonds is 5. The summed E-state index contributed by atoms with van der Waals surface area (Å²) in [4.78, 5) is 24.1. The van der Waals surface area contributed by atoms with Crippen molar-refractivity contribution >= 4 is 17.5 Å². The van der Waals surface area contributed by atoms with Gasteiger partial charge in [-0.2, -0.15) is 0 Å². The highest BCUT2D eigenvalue weighted by Gasteiger charge is 2.10. The molecule has 6 heteroatoms. The average molecular weight is 352 g/mol. The summed E-state index contributed by atoms with van der Waals surface area (Å²) in [6.07, 6.45) is 1.42. The van der Waals surface area contributed by atoms with Crippen LogP contribution in [0.5, 0.6) is 0 Å². The molecular formula is C20H17FN2O3. The molecule has 0 atom stereocenters. The highest BCUT2D eigenvalue weighted by molar-refractivity contribution is 6.02. The van der Waals surface area contributed by atoms with Gasteiger partial charge in [0.1, 0.15) is 5.82 Å². The zero-order chi connectivity index (χ0) is 18.5. The van der Waals surface area contributed by atoms with Crippen LogP contribution in [-0.2, 0) is 6.54 Å². The number of anilines is 1. The third-order valence-electron chi connectivity index (χ3n) is 3.84. The van der Waals surface area contributed by atoms with Crippen molar-refractivity contribution in [3.63, 3.8) is 0 Å². The molecule has 0 fully saturated rings. The minimum Gasteiger partial charge on any atom is -0.459 e. The van der Waals surface area contributed by atoms with Gasteiger partial charge >= 0.3 is 0 Å². The molecule has 0 bridgehead atoms. The van der Waals surface area contributed by atoms with Crippen molar-refractivity contribution in [3.8, 4) is 0 Å². The smallest absolute Gasteiger partial charge is 0.291 e. The lowest BCUT2D eigenvalue weighted by atomic mass is 10.1. The average Bonchev–Trinajstić information content (AvgIpc) is 3.18. The molecule has 5 nitrogen and oxygen atoms in total. The van der Waals surface area contributed by atoms with Crippen LogP contribution in [0.3, 0.4) is 0 Å². The maximum absolute atomic E-state index is 13.5. The van der Waals surface area contributed by atoms with Crippen molar-refractivity contribution in [2.24, 2.45) is 0 Å². The Morgan fingerprint density at radius 1 is 1.04 bits per heavy atom. The molecule has 0 aliphatic rings. The van der Waals surface area contributed by atoms with Crippen LogP contribution in [0.1, 0.15) is 32.0 Å². The van der Waals surface area contributed by atoms with Crippen molar-refractivity contribution in [2.75, 3.05) is 5.32 Å². The van der Waals surface area contributed by atoms with E-state index >= 15 is 0 Å². The Morgan fingerprint density at radius 2 is 1.81 bits per heavy atom. The first-order chi connectivity index (χ1) is 12.5. The number of amides is 2. The SMILES string of the molecule is Cc1ccc(CNC(=O)c2ccc(NC(=O)c3ccco3)cc2)cc1F. The number of carbonyl (C=O) groups is 2. The molecule has 1 heterocycles. The second-order valence-corrected chi connectivity index (χ2v) is 5.77. The molecule has 132 valence electrons. The van der Waals surface area contributed by atoms with Crippen molar-refractivity contribution in [3.05, 3.63) is 89.1 Å². The normalized spacial score (nSPS) is 10.4. The number of hydrogen-bond donors (Lipinski definition) is 2. The summed E-state index contributed by atoms with van der Waals surface area (Å²) in [7, 11) is 0. The Kier molecular flexibility index (Phi) is 5.12. The van der Waals surface area contributed by atoms with Crippen molar-refractivity contribution in [1.82, 2.24) is 5.32 Å². The van der Waals surface area contributed by atoms with E-state index in [9.17, 15) is 14.0 Å². The van der Waals surface area contributed by atoms with E-state index in [1.807, 2.05) is 0 Å². The van der Waals surface area contributed by atoms with Crippen LogP contribution in [0.4, 0.5) is 10.1 Å². The highest BCUT2D eigenvalue weighted by Crippen LogP contribution is 2.13. The number of hydrogen-bond acceptors (Lipinski definition) is 3. The lowest BCUT2D eigenvalue weighted by Crippen LogP contribution is -2.22. The topological polar surface area (TPSA) is 71.3 Å². The summed E-state index contributed by atoms with van der Waals surface area (Å²) in [5.41, 5.74) is 2.23. The molecule has 2 aromatic carbocycles. The van der Waals surface area contributed by atoms with E-state index in [1.54, 1.807) is 55.5 Å². The lowest BCUT2D eigenvalue weighted by molar-refractivity contribution is 0.0950. The first kappa shape index (κ1) is 17.4. The second kappa shape index (κ2) is 7.65. The van der Waals surface area contributed by atoms with E-state index in [0.717, 1.165) is 0 Å². The first-order valence-electron chi connectivity index (χ1n) is 8.01. The summed E-state index contributed by atoms with van der Waals surface area (Å²) >= 11 is 0. The van der Waals surface area contributed by atoms with Gasteiger partial charge in [0, 0.05) is 17.8 Å². The van der Waals surface area contributed by atoms with Crippen LogP contribution in [-0.4, -0.2) is 11.8 Å². The monoisotopic (exact) mass is 352 g/mol. The molecule has 0 radical (unpaired) electrons. The summed E-state index contributed by atoms with van der Waals surface area (Å²) in [5.74, 6) is -0.742. The van der Waals surface area contributed by atoms with Crippen molar-refractivity contribution < 1.29 is 18.4 Å². The predicted molar refractivity (Wildman–Crippen MR) is 95.4 cm³/mol. The summed E-state index contributed by atoms with van der Waals surface area (Å²) in [6, 6.07) is 14.5. The Bertz CT molecular complexity index is 919. The van der Waals surface area contributed by atoms with E-state index in [-0.39, 0.29) is 29.9 Å². The van der Waals surface area contributed by atoms with Gasteiger partial charge in [-0.25, -0.2) is 4.39 Å². The van der Waals surface area contributed by atoms with E-state index in [2.05, 4.69) is 10.6 Å². The maximum atomic E-state index is 13.5. The molecule has 26 heavy (non-hydrogen) atoms. The predicted octanol–water partition coefficient (Wildman–Crippen LogP) is 3.91. The second-order valence-electron chi connectivity index (χ2n) is 5.77. The van der Waals surface area contributed by atoms with E-state index < -0.39 is 0 Å². The van der Waals surface area contributed by atoms with Crippen LogP contribution >= 0.6 is 0 Å². The lowest BCUT2D eigenvalue weighted by Gasteiger charge is -2.08. The van der Waals surface area contributed by atoms with Crippen molar-refractivity contribution in [1.29, 1.82) is 0 Å². The van der Waals surface area contributed by atoms with Crippen molar-refractivity contribution in [2.45, 2.75) is 13.5 Å². The number of halogens is 1. The van der Waals surface area contributed by atoms with E-state index in [4.69, 9.17) is 4.42 Å². The van der Waals surface area contributed by atoms with E-state index in [0.29, 0.717) is 22.4 Å². The van der Waals surface area contributed by atoms with Gasteiger partial charge in [-0.15, -0.1) is 0 Å². The standard InChI is InChI=1S/C20H17FN2O3/c1-13-4-5-14(11-17(13)21)12-22-19(24)15-6-8-16(9-7-15)23-20(25)18-3-2-10-26-18/h2-11H,12H2,1H3,(H,22,24)(H,23,25). The fourth-order valence-corrected chi connectivity index (χ4v) is 2.34. The van der Waals surface area contributed by atoms with Gasteiger partial charge in [-0.05, 0) is 60.5 Å². The molecule has 0 spiro atoms. The van der Waals surface area contributed by atoms with Gasteiger partial charge in [0.05, 0.1) is 6.26 Å². The zero-order valence-corrected chi connectivity index (χ0v) is 14.1. The number of benzene rings is 2. The number of carbonyl (C=O) groups excluding carboxylic acids is 2. The quantitative estimate of drug-likeness (QED) is 0.731. The van der Waals surface area contributed by atoms with Crippen LogP contribution in [0.15, 0.2) is 65.3 Å². The van der Waals surface area contributed by atoms with Crippen LogP contribution in [0.2, 0.25) is 0 Å². The Labute approximate surface area is 149 Å². The van der Waals surface area contributed by atoms with Crippen LogP contribution in [0, 0.1) is 12.7 Å². The molecule has 0 saturated heterocycles. The van der Waals surface area contributed by atoms with Gasteiger partial charge in [-0.3, -0.25) is 9.59 Å². The zero-order valence-electron chi connectivity index (χ0n) is 14.1. The van der Waals surface area contributed by atoms with Gasteiger partial charge in [0.15, 0.2) is 5.76 Å². The number of aryl methyl sites for hydroxylation is 1. The van der Waals surface area contributed by atoms with E-state index in [1.165, 1.54) is 12.3 Å². The number of furan rings is 1. The van der Waals surface area contributed by atoms with Gasteiger partial charge < -0.3 is 15.1 Å². The summed E-state index contributed by atoms with van der Waals surface area (Å²) in [6.45, 7) is 1.91. The van der Waals surface area contributed by atoms with Gasteiger partial charge in [-0.1, -0.05) is 12.1 Å². The molecule has 1 aromatic heterocycles. The molecule has 3 rings (SSSR count). The molecule has 0 unspecified atom stereocenters. The molecule has 0 aliphatic carbocycles. The first-order valence-corrected chi connectivity index (χ1v) is 8.01. The third kappa shape index (κ3) is 4.16. The fraction of sp³-hybridized carbons (Fsp3) is 0.100. The Balaban J connectivity index is 1.58. The summed E-state index contributed by atoms with van der Waals surface area (Å²) in [5, 5.41) is 5.41. The third-order valence-corrected chi connectivity index (χ3v) is 3.84. The summed E-state index contributed by atoms with van der Waals surface area (Å²) < 4.78 is 18.5. The van der Waals surface area contributed by atoms with Gasteiger partial charge in [0.25, 0.3) is 11.8 Å². The minimum atomic E-state index is -0.367. The molecular weight excluding hydrogens is 335 g/mol. The Hall–Kier alpha value is -3.41.